The fourth-order valence-electron chi connectivity index (χ4n) is 3.77. The minimum absolute atomic E-state index is 0.104. The highest BCUT2D eigenvalue weighted by atomic mass is 32.2. The van der Waals surface area contributed by atoms with Crippen molar-refractivity contribution in [2.45, 2.75) is 52.6 Å². The van der Waals surface area contributed by atoms with Gasteiger partial charge in [-0.05, 0) is 56.0 Å². The molecule has 1 atom stereocenters. The number of hydrogen-bond donors (Lipinski definition) is 1. The van der Waals surface area contributed by atoms with Crippen molar-refractivity contribution in [3.05, 3.63) is 59.7 Å². The molecule has 0 spiro atoms. The van der Waals surface area contributed by atoms with E-state index in [1.165, 1.54) is 9.21 Å². The van der Waals surface area contributed by atoms with Crippen LogP contribution in [-0.4, -0.2) is 57.6 Å². The van der Waals surface area contributed by atoms with Crippen LogP contribution in [0.5, 0.6) is 5.75 Å². The van der Waals surface area contributed by atoms with E-state index >= 15 is 0 Å². The van der Waals surface area contributed by atoms with Crippen molar-refractivity contribution in [1.82, 2.24) is 10.2 Å². The average molecular weight is 504 g/mol. The lowest BCUT2D eigenvalue weighted by Crippen LogP contribution is -2.47. The molecule has 0 aliphatic heterocycles. The summed E-state index contributed by atoms with van der Waals surface area (Å²) in [6.45, 7) is 6.46. The summed E-state index contributed by atoms with van der Waals surface area (Å²) in [6.07, 6.45) is 2.38. The number of ether oxygens (including phenoxy) is 1. The number of hydrogen-bond acceptors (Lipinski definition) is 5. The highest BCUT2D eigenvalue weighted by molar-refractivity contribution is 7.92. The summed E-state index contributed by atoms with van der Waals surface area (Å²) in [5.41, 5.74) is 2.28. The first-order valence-corrected chi connectivity index (χ1v) is 13.7. The predicted molar refractivity (Wildman–Crippen MR) is 139 cm³/mol. The minimum atomic E-state index is -3.52. The van der Waals surface area contributed by atoms with Crippen molar-refractivity contribution in [2.24, 2.45) is 0 Å². The van der Waals surface area contributed by atoms with Crippen molar-refractivity contribution >= 4 is 27.5 Å². The molecular weight excluding hydrogens is 466 g/mol. The van der Waals surface area contributed by atoms with E-state index in [0.29, 0.717) is 24.4 Å². The largest absolute Gasteiger partial charge is 0.497 e. The summed E-state index contributed by atoms with van der Waals surface area (Å²) in [6, 6.07) is 13.9. The first kappa shape index (κ1) is 28.2. The SMILES string of the molecule is CCCNC(=O)[C@@H](C)N(Cc1cccc(OC)c1)C(=O)CCCN(c1ccccc1C)S(C)(=O)=O. The Morgan fingerprint density at radius 1 is 1.11 bits per heavy atom. The van der Waals surface area contributed by atoms with Gasteiger partial charge in [0.25, 0.3) is 0 Å². The third kappa shape index (κ3) is 8.28. The molecule has 192 valence electrons. The molecule has 2 amide bonds. The molecule has 0 fully saturated rings. The number of nitrogens with one attached hydrogen (secondary N) is 1. The average Bonchev–Trinajstić information content (AvgIpc) is 2.83. The number of methoxy groups -OCH3 is 1. The second-order valence-corrected chi connectivity index (χ2v) is 10.5. The van der Waals surface area contributed by atoms with Crippen LogP contribution in [0.1, 0.15) is 44.2 Å². The summed E-state index contributed by atoms with van der Waals surface area (Å²) in [5.74, 6) is 0.228. The quantitative estimate of drug-likeness (QED) is 0.451. The van der Waals surface area contributed by atoms with Crippen molar-refractivity contribution in [1.29, 1.82) is 0 Å². The number of sulfonamides is 1. The van der Waals surface area contributed by atoms with Crippen LogP contribution >= 0.6 is 0 Å². The van der Waals surface area contributed by atoms with E-state index in [-0.39, 0.29) is 31.3 Å². The Morgan fingerprint density at radius 3 is 2.46 bits per heavy atom. The van der Waals surface area contributed by atoms with Crippen LogP contribution in [0.3, 0.4) is 0 Å². The molecule has 2 aromatic rings. The van der Waals surface area contributed by atoms with Gasteiger partial charge in [0.05, 0.1) is 19.1 Å². The lowest BCUT2D eigenvalue weighted by Gasteiger charge is -2.29. The summed E-state index contributed by atoms with van der Waals surface area (Å²) in [5, 5.41) is 2.85. The lowest BCUT2D eigenvalue weighted by atomic mass is 10.1. The number of anilines is 1. The zero-order chi connectivity index (χ0) is 26.0. The number of carbonyl (C=O) groups is 2. The van der Waals surface area contributed by atoms with E-state index in [1.54, 1.807) is 26.2 Å². The molecule has 0 aliphatic rings. The number of para-hydroxylation sites is 1. The maximum Gasteiger partial charge on any atom is 0.242 e. The molecular formula is C26H37N3O5S. The van der Waals surface area contributed by atoms with Crippen LogP contribution < -0.4 is 14.4 Å². The number of rotatable bonds is 13. The third-order valence-electron chi connectivity index (χ3n) is 5.74. The maximum atomic E-state index is 13.3. The molecule has 0 saturated heterocycles. The minimum Gasteiger partial charge on any atom is -0.497 e. The number of nitrogens with zero attached hydrogens (tertiary/aromatic N) is 2. The van der Waals surface area contributed by atoms with E-state index in [2.05, 4.69) is 5.32 Å². The van der Waals surface area contributed by atoms with E-state index < -0.39 is 16.1 Å². The van der Waals surface area contributed by atoms with Crippen LogP contribution in [0.4, 0.5) is 5.69 Å². The molecule has 0 aromatic heterocycles. The van der Waals surface area contributed by atoms with Gasteiger partial charge in [-0.2, -0.15) is 0 Å². The zero-order valence-corrected chi connectivity index (χ0v) is 22.1. The number of carbonyl (C=O) groups excluding carboxylic acids is 2. The summed E-state index contributed by atoms with van der Waals surface area (Å²) in [4.78, 5) is 27.5. The van der Waals surface area contributed by atoms with Gasteiger partial charge in [0.2, 0.25) is 21.8 Å². The third-order valence-corrected chi connectivity index (χ3v) is 6.92. The van der Waals surface area contributed by atoms with Gasteiger partial charge in [-0.15, -0.1) is 0 Å². The Labute approximate surface area is 209 Å². The Hall–Kier alpha value is -3.07. The smallest absolute Gasteiger partial charge is 0.242 e. The normalized spacial score (nSPS) is 12.0. The van der Waals surface area contributed by atoms with E-state index in [0.717, 1.165) is 23.8 Å². The Balaban J connectivity index is 2.18. The summed E-state index contributed by atoms with van der Waals surface area (Å²) >= 11 is 0. The molecule has 2 rings (SSSR count). The lowest BCUT2D eigenvalue weighted by molar-refractivity contribution is -0.140. The maximum absolute atomic E-state index is 13.3. The van der Waals surface area contributed by atoms with Crippen LogP contribution in [0.2, 0.25) is 0 Å². The number of aryl methyl sites for hydroxylation is 1. The molecule has 0 unspecified atom stereocenters. The Morgan fingerprint density at radius 2 is 1.83 bits per heavy atom. The number of benzene rings is 2. The van der Waals surface area contributed by atoms with Crippen molar-refractivity contribution in [3.63, 3.8) is 0 Å². The molecule has 0 bridgehead atoms. The molecule has 8 nitrogen and oxygen atoms in total. The standard InChI is InChI=1S/C26H37N3O5S/c1-6-16-27-26(31)21(3)28(19-22-12-9-13-23(18-22)34-4)25(30)15-10-17-29(35(5,32)33)24-14-8-7-11-20(24)2/h7-9,11-14,18,21H,6,10,15-17,19H2,1-5H3,(H,27,31)/t21-/m1/s1. The number of amides is 2. The van der Waals surface area contributed by atoms with Crippen LogP contribution in [0, 0.1) is 6.92 Å². The molecule has 1 N–H and O–H groups in total. The van der Waals surface area contributed by atoms with Gasteiger partial charge < -0.3 is 15.0 Å². The fraction of sp³-hybridized carbons (Fsp3) is 0.462. The zero-order valence-electron chi connectivity index (χ0n) is 21.3. The van der Waals surface area contributed by atoms with Crippen molar-refractivity contribution in [2.75, 3.05) is 30.8 Å². The van der Waals surface area contributed by atoms with Gasteiger partial charge in [0.1, 0.15) is 11.8 Å². The summed E-state index contributed by atoms with van der Waals surface area (Å²) in [7, 11) is -1.95. The fourth-order valence-corrected chi connectivity index (χ4v) is 4.79. The van der Waals surface area contributed by atoms with Gasteiger partial charge in [0, 0.05) is 26.1 Å². The second-order valence-electron chi connectivity index (χ2n) is 8.57. The first-order valence-electron chi connectivity index (χ1n) is 11.8. The topological polar surface area (TPSA) is 96.0 Å². The van der Waals surface area contributed by atoms with E-state index in [4.69, 9.17) is 4.74 Å². The molecule has 35 heavy (non-hydrogen) atoms. The van der Waals surface area contributed by atoms with Crippen molar-refractivity contribution < 1.29 is 22.7 Å². The summed E-state index contributed by atoms with van der Waals surface area (Å²) < 4.78 is 31.5. The van der Waals surface area contributed by atoms with Gasteiger partial charge >= 0.3 is 0 Å². The first-order chi connectivity index (χ1) is 16.6. The van der Waals surface area contributed by atoms with E-state index in [1.807, 2.05) is 50.2 Å². The molecule has 0 aliphatic carbocycles. The van der Waals surface area contributed by atoms with Gasteiger partial charge in [0.15, 0.2) is 0 Å². The van der Waals surface area contributed by atoms with E-state index in [9.17, 15) is 18.0 Å². The predicted octanol–water partition coefficient (Wildman–Crippen LogP) is 3.49. The monoisotopic (exact) mass is 503 g/mol. The molecule has 9 heteroatoms. The second kappa shape index (κ2) is 13.1. The van der Waals surface area contributed by atoms with Gasteiger partial charge in [-0.3, -0.25) is 13.9 Å². The molecule has 2 aromatic carbocycles. The Kier molecular flexibility index (Phi) is 10.6. The molecule has 0 heterocycles. The van der Waals surface area contributed by atoms with Crippen molar-refractivity contribution in [3.8, 4) is 5.75 Å². The van der Waals surface area contributed by atoms with Crippen LogP contribution in [0.25, 0.3) is 0 Å². The molecule has 0 saturated carbocycles. The Bertz CT molecular complexity index is 1100. The van der Waals surface area contributed by atoms with Gasteiger partial charge in [-0.1, -0.05) is 37.3 Å². The van der Waals surface area contributed by atoms with Gasteiger partial charge in [-0.25, -0.2) is 8.42 Å². The highest BCUT2D eigenvalue weighted by Gasteiger charge is 2.26. The highest BCUT2D eigenvalue weighted by Crippen LogP contribution is 2.23. The van der Waals surface area contributed by atoms with Crippen LogP contribution in [-0.2, 0) is 26.2 Å². The van der Waals surface area contributed by atoms with Crippen LogP contribution in [0.15, 0.2) is 48.5 Å². The molecule has 0 radical (unpaired) electrons.